The van der Waals surface area contributed by atoms with Crippen LogP contribution in [0, 0.1) is 6.92 Å². The number of aryl methyl sites for hydroxylation is 1. The van der Waals surface area contributed by atoms with Crippen molar-refractivity contribution < 1.29 is 4.79 Å². The number of hydrogen-bond donors (Lipinski definition) is 3. The Morgan fingerprint density at radius 1 is 1.50 bits per heavy atom. The van der Waals surface area contributed by atoms with E-state index in [1.807, 2.05) is 0 Å². The summed E-state index contributed by atoms with van der Waals surface area (Å²) in [7, 11) is 0. The van der Waals surface area contributed by atoms with Gasteiger partial charge < -0.3 is 5.73 Å². The Morgan fingerprint density at radius 2 is 2.21 bits per heavy atom. The minimum Gasteiger partial charge on any atom is -0.375 e. The second-order valence-corrected chi connectivity index (χ2v) is 3.05. The smallest absolute Gasteiger partial charge is 0.288 e. The fourth-order valence-corrected chi connectivity index (χ4v) is 0.903. The van der Waals surface area contributed by atoms with E-state index in [2.05, 4.69) is 28.1 Å². The molecule has 5 nitrogen and oxygen atoms in total. The number of thiocarbonyl (C=S) groups is 1. The Hall–Kier alpha value is -1.69. The van der Waals surface area contributed by atoms with Crippen LogP contribution in [0.3, 0.4) is 0 Å². The second kappa shape index (κ2) is 4.52. The van der Waals surface area contributed by atoms with Crippen molar-refractivity contribution in [2.75, 3.05) is 0 Å². The summed E-state index contributed by atoms with van der Waals surface area (Å²) in [6.07, 6.45) is 0. The highest BCUT2D eigenvalue weighted by atomic mass is 32.1. The number of nitrogens with one attached hydrogen (secondary N) is 2. The zero-order chi connectivity index (χ0) is 10.6. The number of amides is 1. The lowest BCUT2D eigenvalue weighted by Gasteiger charge is -2.05. The quantitative estimate of drug-likeness (QED) is 0.444. The molecule has 4 N–H and O–H groups in total. The predicted octanol–water partition coefficient (Wildman–Crippen LogP) is -0.132. The Morgan fingerprint density at radius 3 is 2.79 bits per heavy atom. The van der Waals surface area contributed by atoms with Crippen LogP contribution < -0.4 is 16.6 Å². The number of carbonyl (C=O) groups is 1. The van der Waals surface area contributed by atoms with Crippen LogP contribution in [0.5, 0.6) is 0 Å². The lowest BCUT2D eigenvalue weighted by molar-refractivity contribution is 0.0939. The van der Waals surface area contributed by atoms with Gasteiger partial charge in [-0.2, -0.15) is 0 Å². The molecule has 0 radical (unpaired) electrons. The summed E-state index contributed by atoms with van der Waals surface area (Å²) in [5, 5.41) is 0.00556. The summed E-state index contributed by atoms with van der Waals surface area (Å²) in [6.45, 7) is 1.80. The van der Waals surface area contributed by atoms with Crippen molar-refractivity contribution in [2.45, 2.75) is 6.92 Å². The molecular weight excluding hydrogens is 200 g/mol. The first kappa shape index (κ1) is 10.4. The summed E-state index contributed by atoms with van der Waals surface area (Å²) in [5.74, 6) is -0.374. The fraction of sp³-hybridized carbons (Fsp3) is 0.125. The van der Waals surface area contributed by atoms with Gasteiger partial charge in [0.2, 0.25) is 0 Å². The Kier molecular flexibility index (Phi) is 3.35. The van der Waals surface area contributed by atoms with E-state index in [0.717, 1.165) is 5.69 Å². The SMILES string of the molecule is Cc1cccc(C(=O)NNC(N)=S)n1. The molecule has 0 saturated heterocycles. The molecule has 0 aliphatic heterocycles. The van der Waals surface area contributed by atoms with Crippen molar-refractivity contribution in [3.05, 3.63) is 29.6 Å². The first-order chi connectivity index (χ1) is 6.59. The minimum absolute atomic E-state index is 0.00556. The van der Waals surface area contributed by atoms with Gasteiger partial charge in [0, 0.05) is 5.69 Å². The maximum atomic E-state index is 11.4. The second-order valence-electron chi connectivity index (χ2n) is 2.61. The third-order valence-corrected chi connectivity index (χ3v) is 1.52. The van der Waals surface area contributed by atoms with Crippen LogP contribution >= 0.6 is 12.2 Å². The third-order valence-electron chi connectivity index (χ3n) is 1.42. The molecule has 1 heterocycles. The monoisotopic (exact) mass is 210 g/mol. The maximum absolute atomic E-state index is 11.4. The van der Waals surface area contributed by atoms with E-state index < -0.39 is 0 Å². The van der Waals surface area contributed by atoms with Gasteiger partial charge in [-0.15, -0.1) is 0 Å². The standard InChI is InChI=1S/C8H10N4OS/c1-5-3-2-4-6(10-5)7(13)11-12-8(9)14/h2-4H,1H3,(H,11,13)(H3,9,12,14). The van der Waals surface area contributed by atoms with Crippen molar-refractivity contribution in [3.63, 3.8) is 0 Å². The Bertz CT molecular complexity index is 366. The molecule has 0 saturated carbocycles. The van der Waals surface area contributed by atoms with E-state index in [4.69, 9.17) is 5.73 Å². The first-order valence-corrected chi connectivity index (χ1v) is 4.30. The summed E-state index contributed by atoms with van der Waals surface area (Å²) in [4.78, 5) is 15.4. The van der Waals surface area contributed by atoms with Crippen LogP contribution in [0.2, 0.25) is 0 Å². The van der Waals surface area contributed by atoms with Gasteiger partial charge in [-0.05, 0) is 31.3 Å². The molecule has 0 aliphatic rings. The third kappa shape index (κ3) is 2.98. The van der Waals surface area contributed by atoms with Crippen molar-refractivity contribution in [1.82, 2.24) is 15.8 Å². The molecule has 74 valence electrons. The largest absolute Gasteiger partial charge is 0.375 e. The molecule has 0 spiro atoms. The number of rotatable bonds is 1. The van der Waals surface area contributed by atoms with Crippen molar-refractivity contribution >= 4 is 23.2 Å². The fourth-order valence-electron chi connectivity index (χ4n) is 0.852. The van der Waals surface area contributed by atoms with Crippen LogP contribution in [0.1, 0.15) is 16.2 Å². The predicted molar refractivity (Wildman–Crippen MR) is 56.4 cm³/mol. The number of hydrazine groups is 1. The molecule has 0 aromatic carbocycles. The van der Waals surface area contributed by atoms with Gasteiger partial charge in [0.25, 0.3) is 5.91 Å². The zero-order valence-corrected chi connectivity index (χ0v) is 8.39. The summed E-state index contributed by atoms with van der Waals surface area (Å²) in [6, 6.07) is 5.15. The maximum Gasteiger partial charge on any atom is 0.288 e. The molecule has 0 atom stereocenters. The molecule has 1 aromatic heterocycles. The van der Waals surface area contributed by atoms with Gasteiger partial charge in [-0.1, -0.05) is 6.07 Å². The van der Waals surface area contributed by atoms with Gasteiger partial charge in [-0.3, -0.25) is 15.6 Å². The van der Waals surface area contributed by atoms with Crippen LogP contribution in [-0.4, -0.2) is 16.0 Å². The normalized spacial score (nSPS) is 9.21. The van der Waals surface area contributed by atoms with E-state index >= 15 is 0 Å². The van der Waals surface area contributed by atoms with Gasteiger partial charge in [0.1, 0.15) is 5.69 Å². The average molecular weight is 210 g/mol. The van der Waals surface area contributed by atoms with Gasteiger partial charge in [0.15, 0.2) is 5.11 Å². The van der Waals surface area contributed by atoms with Gasteiger partial charge in [0.05, 0.1) is 0 Å². The Labute approximate surface area is 86.7 Å². The van der Waals surface area contributed by atoms with Crippen LogP contribution in [0.15, 0.2) is 18.2 Å². The van der Waals surface area contributed by atoms with Crippen molar-refractivity contribution in [1.29, 1.82) is 0 Å². The van der Waals surface area contributed by atoms with E-state index in [9.17, 15) is 4.79 Å². The topological polar surface area (TPSA) is 80.0 Å². The number of hydrogen-bond acceptors (Lipinski definition) is 3. The van der Waals surface area contributed by atoms with E-state index in [1.54, 1.807) is 25.1 Å². The molecular formula is C8H10N4OS. The highest BCUT2D eigenvalue weighted by Crippen LogP contribution is 1.96. The minimum atomic E-state index is -0.374. The highest BCUT2D eigenvalue weighted by molar-refractivity contribution is 7.80. The van der Waals surface area contributed by atoms with Crippen LogP contribution in [0.25, 0.3) is 0 Å². The highest BCUT2D eigenvalue weighted by Gasteiger charge is 2.05. The lowest BCUT2D eigenvalue weighted by atomic mass is 10.3. The molecule has 1 aromatic rings. The van der Waals surface area contributed by atoms with E-state index in [-0.39, 0.29) is 11.0 Å². The molecule has 0 aliphatic carbocycles. The number of carbonyl (C=O) groups excluding carboxylic acids is 1. The average Bonchev–Trinajstić information content (AvgIpc) is 2.14. The lowest BCUT2D eigenvalue weighted by Crippen LogP contribution is -2.44. The van der Waals surface area contributed by atoms with Crippen LogP contribution in [-0.2, 0) is 0 Å². The van der Waals surface area contributed by atoms with Crippen molar-refractivity contribution in [3.8, 4) is 0 Å². The first-order valence-electron chi connectivity index (χ1n) is 3.89. The van der Waals surface area contributed by atoms with Gasteiger partial charge in [-0.25, -0.2) is 4.98 Å². The number of nitrogens with two attached hydrogens (primary N) is 1. The van der Waals surface area contributed by atoms with Crippen molar-refractivity contribution in [2.24, 2.45) is 5.73 Å². The molecule has 0 unspecified atom stereocenters. The number of nitrogens with zero attached hydrogens (tertiary/aromatic N) is 1. The van der Waals surface area contributed by atoms with E-state index in [0.29, 0.717) is 5.69 Å². The molecule has 1 rings (SSSR count). The molecule has 14 heavy (non-hydrogen) atoms. The van der Waals surface area contributed by atoms with Gasteiger partial charge >= 0.3 is 0 Å². The summed E-state index contributed by atoms with van der Waals surface area (Å²) >= 11 is 4.52. The van der Waals surface area contributed by atoms with Crippen LogP contribution in [0.4, 0.5) is 0 Å². The molecule has 0 bridgehead atoms. The Balaban J connectivity index is 2.65. The molecule has 1 amide bonds. The van der Waals surface area contributed by atoms with E-state index in [1.165, 1.54) is 0 Å². The summed E-state index contributed by atoms with van der Waals surface area (Å²) in [5.41, 5.74) is 10.9. The molecule has 6 heteroatoms. The number of pyridine rings is 1. The molecule has 0 fully saturated rings. The number of aromatic nitrogens is 1. The summed E-state index contributed by atoms with van der Waals surface area (Å²) < 4.78 is 0. The zero-order valence-electron chi connectivity index (χ0n) is 7.57.